The maximum absolute atomic E-state index is 13.3. The van der Waals surface area contributed by atoms with Crippen LogP contribution < -0.4 is 0 Å². The highest BCUT2D eigenvalue weighted by Crippen LogP contribution is 2.17. The molecule has 0 saturated carbocycles. The molecule has 0 aromatic heterocycles. The van der Waals surface area contributed by atoms with E-state index in [4.69, 9.17) is 0 Å². The summed E-state index contributed by atoms with van der Waals surface area (Å²) in [6.45, 7) is 1.38. The van der Waals surface area contributed by atoms with Crippen LogP contribution in [-0.4, -0.2) is 24.6 Å². The van der Waals surface area contributed by atoms with Crippen LogP contribution in [0, 0.1) is 5.82 Å². The smallest absolute Gasteiger partial charge is 0.244 e. The SMILES string of the molecule is CCS(=O)(=O)N=S(C)(=O)c1ccccc1F. The summed E-state index contributed by atoms with van der Waals surface area (Å²) in [6.07, 6.45) is 1.11. The van der Waals surface area contributed by atoms with Crippen LogP contribution in [0.5, 0.6) is 0 Å². The molecule has 0 spiro atoms. The van der Waals surface area contributed by atoms with E-state index in [0.29, 0.717) is 0 Å². The molecule has 1 atom stereocenters. The van der Waals surface area contributed by atoms with Gasteiger partial charge < -0.3 is 0 Å². The van der Waals surface area contributed by atoms with Crippen molar-refractivity contribution < 1.29 is 17.0 Å². The Hall–Kier alpha value is -0.950. The molecule has 0 heterocycles. The number of hydrogen-bond acceptors (Lipinski definition) is 3. The molecule has 1 aromatic rings. The number of nitrogens with zero attached hydrogens (tertiary/aromatic N) is 1. The molecule has 0 amide bonds. The molecular formula is C9H12FNO3S2. The molecule has 1 unspecified atom stereocenters. The Morgan fingerprint density at radius 1 is 1.25 bits per heavy atom. The zero-order valence-electron chi connectivity index (χ0n) is 8.88. The zero-order chi connectivity index (χ0) is 12.4. The highest BCUT2D eigenvalue weighted by atomic mass is 32.3. The van der Waals surface area contributed by atoms with Crippen molar-refractivity contribution in [2.24, 2.45) is 3.77 Å². The Kier molecular flexibility index (Phi) is 3.69. The number of benzene rings is 1. The second-order valence-corrected chi connectivity index (χ2v) is 7.56. The second kappa shape index (κ2) is 4.50. The number of halogens is 1. The van der Waals surface area contributed by atoms with Gasteiger partial charge in [0.05, 0.1) is 20.4 Å². The summed E-state index contributed by atoms with van der Waals surface area (Å²) >= 11 is 0. The van der Waals surface area contributed by atoms with E-state index in [2.05, 4.69) is 3.77 Å². The fourth-order valence-corrected chi connectivity index (χ4v) is 4.30. The van der Waals surface area contributed by atoms with Gasteiger partial charge in [-0.3, -0.25) is 0 Å². The average molecular weight is 265 g/mol. The lowest BCUT2D eigenvalue weighted by molar-refractivity contribution is 0.593. The van der Waals surface area contributed by atoms with E-state index in [0.717, 1.165) is 12.3 Å². The summed E-state index contributed by atoms with van der Waals surface area (Å²) in [5.41, 5.74) is 0. The normalized spacial score (nSPS) is 15.4. The molecule has 7 heteroatoms. The average Bonchev–Trinajstić information content (AvgIpc) is 2.16. The summed E-state index contributed by atoms with van der Waals surface area (Å²) in [6, 6.07) is 5.30. The maximum atomic E-state index is 13.3. The molecule has 1 aromatic carbocycles. The van der Waals surface area contributed by atoms with E-state index < -0.39 is 25.6 Å². The summed E-state index contributed by atoms with van der Waals surface area (Å²) in [5.74, 6) is -0.975. The molecule has 0 aliphatic rings. The van der Waals surface area contributed by atoms with Crippen LogP contribution in [0.1, 0.15) is 6.92 Å². The summed E-state index contributed by atoms with van der Waals surface area (Å²) < 4.78 is 51.0. The molecule has 4 nitrogen and oxygen atoms in total. The van der Waals surface area contributed by atoms with Crippen LogP contribution >= 0.6 is 0 Å². The van der Waals surface area contributed by atoms with Crippen molar-refractivity contribution in [2.45, 2.75) is 11.8 Å². The molecule has 0 radical (unpaired) electrons. The molecule has 0 fully saturated rings. The third-order valence-corrected chi connectivity index (χ3v) is 5.79. The minimum Gasteiger partial charge on any atom is -0.244 e. The Balaban J connectivity index is 3.45. The highest BCUT2D eigenvalue weighted by Gasteiger charge is 2.15. The van der Waals surface area contributed by atoms with Gasteiger partial charge in [-0.2, -0.15) is 0 Å². The van der Waals surface area contributed by atoms with Gasteiger partial charge in [0.2, 0.25) is 0 Å². The van der Waals surface area contributed by atoms with Crippen LogP contribution in [0.15, 0.2) is 32.9 Å². The van der Waals surface area contributed by atoms with Crippen LogP contribution in [0.25, 0.3) is 0 Å². The van der Waals surface area contributed by atoms with E-state index >= 15 is 0 Å². The van der Waals surface area contributed by atoms with Gasteiger partial charge in [-0.25, -0.2) is 17.0 Å². The summed E-state index contributed by atoms with van der Waals surface area (Å²) in [7, 11) is -7.01. The van der Waals surface area contributed by atoms with Crippen molar-refractivity contribution in [3.8, 4) is 0 Å². The Morgan fingerprint density at radius 3 is 2.31 bits per heavy atom. The third kappa shape index (κ3) is 3.02. The van der Waals surface area contributed by atoms with Gasteiger partial charge in [0.15, 0.2) is 0 Å². The molecule has 90 valence electrons. The van der Waals surface area contributed by atoms with Gasteiger partial charge in [0.1, 0.15) is 5.82 Å². The van der Waals surface area contributed by atoms with Crippen molar-refractivity contribution >= 4 is 19.8 Å². The number of hydrogen-bond donors (Lipinski definition) is 0. The monoisotopic (exact) mass is 265 g/mol. The fourth-order valence-electron chi connectivity index (χ4n) is 1.06. The maximum Gasteiger partial charge on any atom is 0.260 e. The molecule has 0 saturated heterocycles. The molecule has 0 bridgehead atoms. The molecule has 1 rings (SSSR count). The first-order valence-electron chi connectivity index (χ1n) is 4.49. The largest absolute Gasteiger partial charge is 0.260 e. The van der Waals surface area contributed by atoms with Gasteiger partial charge in [-0.05, 0) is 19.1 Å². The first-order valence-corrected chi connectivity index (χ1v) is 8.02. The van der Waals surface area contributed by atoms with Gasteiger partial charge >= 0.3 is 0 Å². The van der Waals surface area contributed by atoms with Crippen molar-refractivity contribution in [2.75, 3.05) is 12.0 Å². The van der Waals surface area contributed by atoms with E-state index in [-0.39, 0.29) is 10.6 Å². The lowest BCUT2D eigenvalue weighted by atomic mass is 10.4. The van der Waals surface area contributed by atoms with Gasteiger partial charge in [-0.1, -0.05) is 12.1 Å². The van der Waals surface area contributed by atoms with Crippen molar-refractivity contribution in [3.05, 3.63) is 30.1 Å². The summed E-state index contributed by atoms with van der Waals surface area (Å²) in [5, 5.41) is 0. The van der Waals surface area contributed by atoms with Crippen LogP contribution in [0.3, 0.4) is 0 Å². The van der Waals surface area contributed by atoms with E-state index in [1.54, 1.807) is 0 Å². The highest BCUT2D eigenvalue weighted by molar-refractivity contribution is 8.02. The predicted octanol–water partition coefficient (Wildman–Crippen LogP) is 1.63. The Bertz CT molecular complexity index is 601. The lowest BCUT2D eigenvalue weighted by Crippen LogP contribution is -2.07. The topological polar surface area (TPSA) is 63.6 Å². The van der Waals surface area contributed by atoms with Crippen LogP contribution in [-0.2, 0) is 19.8 Å². The molecule has 0 N–H and O–H groups in total. The second-order valence-electron chi connectivity index (χ2n) is 3.18. The summed E-state index contributed by atoms with van der Waals surface area (Å²) in [4.78, 5) is -0.188. The lowest BCUT2D eigenvalue weighted by Gasteiger charge is -2.04. The molecular weight excluding hydrogens is 253 g/mol. The van der Waals surface area contributed by atoms with E-state index in [1.165, 1.54) is 25.1 Å². The van der Waals surface area contributed by atoms with Crippen molar-refractivity contribution in [1.29, 1.82) is 0 Å². The quantitative estimate of drug-likeness (QED) is 0.834. The van der Waals surface area contributed by atoms with E-state index in [9.17, 15) is 17.0 Å². The Morgan fingerprint density at radius 2 is 1.81 bits per heavy atom. The van der Waals surface area contributed by atoms with Gasteiger partial charge in [0, 0.05) is 6.26 Å². The molecule has 0 aliphatic carbocycles. The van der Waals surface area contributed by atoms with Crippen LogP contribution in [0.4, 0.5) is 4.39 Å². The third-order valence-electron chi connectivity index (χ3n) is 1.87. The Labute approximate surface area is 94.7 Å². The standard InChI is InChI=1S/C9H12FNO3S2/c1-3-16(13,14)11-15(2,12)9-7-5-4-6-8(9)10/h4-7H,3H2,1-2H3. The molecule has 0 aliphatic heterocycles. The fraction of sp³-hybridized carbons (Fsp3) is 0.333. The van der Waals surface area contributed by atoms with Gasteiger partial charge in [0.25, 0.3) is 10.0 Å². The minimum absolute atomic E-state index is 0.188. The zero-order valence-corrected chi connectivity index (χ0v) is 10.5. The van der Waals surface area contributed by atoms with Gasteiger partial charge in [-0.15, -0.1) is 3.77 Å². The molecule has 16 heavy (non-hydrogen) atoms. The number of rotatable bonds is 3. The van der Waals surface area contributed by atoms with Crippen molar-refractivity contribution in [1.82, 2.24) is 0 Å². The number of sulfonamides is 1. The van der Waals surface area contributed by atoms with Crippen LogP contribution in [0.2, 0.25) is 0 Å². The first-order chi connectivity index (χ1) is 7.28. The minimum atomic E-state index is -3.76. The predicted molar refractivity (Wildman–Crippen MR) is 60.6 cm³/mol. The van der Waals surface area contributed by atoms with E-state index in [1.807, 2.05) is 0 Å². The first kappa shape index (κ1) is 13.1. The van der Waals surface area contributed by atoms with Crippen molar-refractivity contribution in [3.63, 3.8) is 0 Å².